The predicted molar refractivity (Wildman–Crippen MR) is 49.9 cm³/mol. The summed E-state index contributed by atoms with van der Waals surface area (Å²) in [6, 6.07) is 0. The zero-order chi connectivity index (χ0) is 8.86. The third-order valence-corrected chi connectivity index (χ3v) is 2.38. The molecule has 1 fully saturated rings. The van der Waals surface area contributed by atoms with Crippen molar-refractivity contribution in [1.82, 2.24) is 5.32 Å². The average Bonchev–Trinajstić information content (AvgIpc) is 2.51. The lowest BCUT2D eigenvalue weighted by molar-refractivity contribution is 0.153. The van der Waals surface area contributed by atoms with E-state index in [0.717, 1.165) is 32.6 Å². The Bertz CT molecular complexity index is 184. The molecule has 0 spiro atoms. The fraction of sp³-hybridized carbons (Fsp3) is 0.800. The van der Waals surface area contributed by atoms with Crippen molar-refractivity contribution in [2.24, 2.45) is 5.41 Å². The molecule has 0 aromatic heterocycles. The van der Waals surface area contributed by atoms with Crippen LogP contribution in [-0.2, 0) is 4.74 Å². The smallest absolute Gasteiger partial charge is 0.0544 e. The summed E-state index contributed by atoms with van der Waals surface area (Å²) in [4.78, 5) is 0. The summed E-state index contributed by atoms with van der Waals surface area (Å²) in [5, 5.41) is 3.21. The highest BCUT2D eigenvalue weighted by atomic mass is 16.5. The van der Waals surface area contributed by atoms with Crippen molar-refractivity contribution in [2.75, 3.05) is 26.8 Å². The summed E-state index contributed by atoms with van der Waals surface area (Å²) in [6.45, 7) is 4.67. The SMILES string of the molecule is CC#CCC1(CNC)CCOC1. The van der Waals surface area contributed by atoms with Gasteiger partial charge in [-0.15, -0.1) is 11.8 Å². The fourth-order valence-corrected chi connectivity index (χ4v) is 1.64. The number of nitrogens with one attached hydrogen (secondary N) is 1. The summed E-state index contributed by atoms with van der Waals surface area (Å²) >= 11 is 0. The van der Waals surface area contributed by atoms with E-state index in [0.29, 0.717) is 0 Å². The van der Waals surface area contributed by atoms with Gasteiger partial charge in [0.2, 0.25) is 0 Å². The van der Waals surface area contributed by atoms with Crippen molar-refractivity contribution in [1.29, 1.82) is 0 Å². The number of ether oxygens (including phenoxy) is 1. The zero-order valence-electron chi connectivity index (χ0n) is 7.94. The van der Waals surface area contributed by atoms with E-state index in [4.69, 9.17) is 4.74 Å². The molecule has 2 heteroatoms. The van der Waals surface area contributed by atoms with Gasteiger partial charge >= 0.3 is 0 Å². The van der Waals surface area contributed by atoms with E-state index in [1.165, 1.54) is 0 Å². The minimum absolute atomic E-state index is 0.289. The fourth-order valence-electron chi connectivity index (χ4n) is 1.64. The summed E-state index contributed by atoms with van der Waals surface area (Å²) < 4.78 is 5.40. The highest BCUT2D eigenvalue weighted by Crippen LogP contribution is 2.30. The molecule has 2 nitrogen and oxygen atoms in total. The highest BCUT2D eigenvalue weighted by Gasteiger charge is 2.33. The molecule has 0 saturated carbocycles. The van der Waals surface area contributed by atoms with Crippen LogP contribution in [0.4, 0.5) is 0 Å². The van der Waals surface area contributed by atoms with Crippen LogP contribution < -0.4 is 5.32 Å². The lowest BCUT2D eigenvalue weighted by atomic mass is 9.84. The molecule has 0 aromatic rings. The van der Waals surface area contributed by atoms with Crippen molar-refractivity contribution in [2.45, 2.75) is 19.8 Å². The van der Waals surface area contributed by atoms with Gasteiger partial charge < -0.3 is 10.1 Å². The predicted octanol–water partition coefficient (Wildman–Crippen LogP) is 1.03. The van der Waals surface area contributed by atoms with Crippen molar-refractivity contribution in [3.63, 3.8) is 0 Å². The molecule has 1 aliphatic rings. The molecule has 1 rings (SSSR count). The van der Waals surface area contributed by atoms with E-state index in [1.54, 1.807) is 0 Å². The Hall–Kier alpha value is -0.520. The molecular formula is C10H17NO. The average molecular weight is 167 g/mol. The van der Waals surface area contributed by atoms with Crippen LogP contribution in [0.15, 0.2) is 0 Å². The lowest BCUT2D eigenvalue weighted by Crippen LogP contribution is -2.32. The van der Waals surface area contributed by atoms with E-state index in [-0.39, 0.29) is 5.41 Å². The molecular weight excluding hydrogens is 150 g/mol. The quantitative estimate of drug-likeness (QED) is 0.634. The first kappa shape index (κ1) is 9.57. The maximum atomic E-state index is 5.40. The molecule has 1 N–H and O–H groups in total. The normalized spacial score (nSPS) is 28.2. The van der Waals surface area contributed by atoms with Gasteiger partial charge in [0.1, 0.15) is 0 Å². The molecule has 0 aliphatic carbocycles. The van der Waals surface area contributed by atoms with Gasteiger partial charge in [-0.3, -0.25) is 0 Å². The number of rotatable bonds is 3. The molecule has 12 heavy (non-hydrogen) atoms. The minimum Gasteiger partial charge on any atom is -0.381 e. The van der Waals surface area contributed by atoms with Crippen LogP contribution in [0.25, 0.3) is 0 Å². The first-order chi connectivity index (χ1) is 5.83. The second-order valence-corrected chi connectivity index (χ2v) is 3.44. The molecule has 1 heterocycles. The van der Waals surface area contributed by atoms with Crippen LogP contribution in [0.2, 0.25) is 0 Å². The van der Waals surface area contributed by atoms with Gasteiger partial charge in [0.15, 0.2) is 0 Å². The summed E-state index contributed by atoms with van der Waals surface area (Å²) in [7, 11) is 1.99. The van der Waals surface area contributed by atoms with Crippen LogP contribution in [0.3, 0.4) is 0 Å². The van der Waals surface area contributed by atoms with Crippen LogP contribution in [0.1, 0.15) is 19.8 Å². The van der Waals surface area contributed by atoms with Gasteiger partial charge in [0.25, 0.3) is 0 Å². The van der Waals surface area contributed by atoms with Gasteiger partial charge in [-0.05, 0) is 20.4 Å². The summed E-state index contributed by atoms with van der Waals surface area (Å²) in [5.74, 6) is 6.09. The minimum atomic E-state index is 0.289. The number of hydrogen-bond donors (Lipinski definition) is 1. The molecule has 0 amide bonds. The van der Waals surface area contributed by atoms with Gasteiger partial charge in [-0.1, -0.05) is 0 Å². The van der Waals surface area contributed by atoms with Crippen molar-refractivity contribution >= 4 is 0 Å². The topological polar surface area (TPSA) is 21.3 Å². The highest BCUT2D eigenvalue weighted by molar-refractivity contribution is 5.02. The Morgan fingerprint density at radius 2 is 2.42 bits per heavy atom. The van der Waals surface area contributed by atoms with Crippen LogP contribution in [-0.4, -0.2) is 26.8 Å². The number of hydrogen-bond acceptors (Lipinski definition) is 2. The summed E-state index contributed by atoms with van der Waals surface area (Å²) in [5.41, 5.74) is 0.289. The Morgan fingerprint density at radius 3 is 2.92 bits per heavy atom. The molecule has 1 saturated heterocycles. The van der Waals surface area contributed by atoms with Crippen LogP contribution >= 0.6 is 0 Å². The first-order valence-electron chi connectivity index (χ1n) is 4.45. The van der Waals surface area contributed by atoms with E-state index in [1.807, 2.05) is 14.0 Å². The van der Waals surface area contributed by atoms with Crippen LogP contribution in [0.5, 0.6) is 0 Å². The van der Waals surface area contributed by atoms with E-state index in [2.05, 4.69) is 17.2 Å². The van der Waals surface area contributed by atoms with Crippen molar-refractivity contribution in [3.05, 3.63) is 0 Å². The first-order valence-corrected chi connectivity index (χ1v) is 4.45. The van der Waals surface area contributed by atoms with Gasteiger partial charge in [0, 0.05) is 25.0 Å². The summed E-state index contributed by atoms with van der Waals surface area (Å²) in [6.07, 6.45) is 2.10. The van der Waals surface area contributed by atoms with E-state index in [9.17, 15) is 0 Å². The third kappa shape index (κ3) is 2.23. The lowest BCUT2D eigenvalue weighted by Gasteiger charge is -2.24. The molecule has 0 radical (unpaired) electrons. The Balaban J connectivity index is 2.50. The van der Waals surface area contributed by atoms with Crippen molar-refractivity contribution in [3.8, 4) is 11.8 Å². The molecule has 1 aliphatic heterocycles. The van der Waals surface area contributed by atoms with E-state index >= 15 is 0 Å². The standard InChI is InChI=1S/C10H17NO/c1-3-4-5-10(8-11-2)6-7-12-9-10/h11H,5-9H2,1-2H3. The maximum Gasteiger partial charge on any atom is 0.0544 e. The second-order valence-electron chi connectivity index (χ2n) is 3.44. The zero-order valence-corrected chi connectivity index (χ0v) is 7.94. The third-order valence-electron chi connectivity index (χ3n) is 2.38. The Morgan fingerprint density at radius 1 is 1.58 bits per heavy atom. The molecule has 1 atom stereocenters. The van der Waals surface area contributed by atoms with Gasteiger partial charge in [0.05, 0.1) is 6.61 Å². The molecule has 1 unspecified atom stereocenters. The maximum absolute atomic E-state index is 5.40. The van der Waals surface area contributed by atoms with E-state index < -0.39 is 0 Å². The Labute approximate surface area is 74.7 Å². The van der Waals surface area contributed by atoms with Crippen molar-refractivity contribution < 1.29 is 4.74 Å². The largest absolute Gasteiger partial charge is 0.381 e. The van der Waals surface area contributed by atoms with Gasteiger partial charge in [-0.25, -0.2) is 0 Å². The molecule has 0 bridgehead atoms. The molecule has 0 aromatic carbocycles. The second kappa shape index (κ2) is 4.49. The monoisotopic (exact) mass is 167 g/mol. The van der Waals surface area contributed by atoms with Crippen LogP contribution in [0, 0.1) is 17.3 Å². The molecule has 68 valence electrons. The Kier molecular flexibility index (Phi) is 3.58. The van der Waals surface area contributed by atoms with Gasteiger partial charge in [-0.2, -0.15) is 0 Å².